The summed E-state index contributed by atoms with van der Waals surface area (Å²) in [6.45, 7) is 6.26. The zero-order valence-corrected chi connectivity index (χ0v) is 28.8. The SMILES string of the molecule is CCCCC/C=C\C[C@@H](O)[C@H](O)CCCCCCCC(=O)OC[C@H](CO)OC(=O)CCCCCCCCCCCCC(C)C. The molecule has 7 nitrogen and oxygen atoms in total. The van der Waals surface area contributed by atoms with Crippen LogP contribution in [0.25, 0.3) is 0 Å². The molecule has 0 rings (SSSR count). The first-order valence-corrected chi connectivity index (χ1v) is 18.3. The van der Waals surface area contributed by atoms with Gasteiger partial charge in [-0.2, -0.15) is 0 Å². The van der Waals surface area contributed by atoms with Gasteiger partial charge in [-0.25, -0.2) is 0 Å². The molecule has 0 aromatic heterocycles. The predicted molar refractivity (Wildman–Crippen MR) is 180 cm³/mol. The maximum atomic E-state index is 12.1. The molecule has 0 aliphatic heterocycles. The van der Waals surface area contributed by atoms with Crippen LogP contribution in [-0.4, -0.2) is 58.8 Å². The van der Waals surface area contributed by atoms with Crippen LogP contribution < -0.4 is 0 Å². The van der Waals surface area contributed by atoms with Crippen LogP contribution in [0.4, 0.5) is 0 Å². The van der Waals surface area contributed by atoms with Gasteiger partial charge in [0.2, 0.25) is 0 Å². The number of hydrogen-bond donors (Lipinski definition) is 3. The summed E-state index contributed by atoms with van der Waals surface area (Å²) in [5.41, 5.74) is 0. The van der Waals surface area contributed by atoms with Gasteiger partial charge < -0.3 is 24.8 Å². The third-order valence-corrected chi connectivity index (χ3v) is 8.19. The number of rotatable bonds is 32. The first-order valence-electron chi connectivity index (χ1n) is 18.3. The lowest BCUT2D eigenvalue weighted by molar-refractivity contribution is -0.161. The molecule has 260 valence electrons. The molecular formula is C37H70O7. The van der Waals surface area contributed by atoms with Crippen LogP contribution in [0.2, 0.25) is 0 Å². The Morgan fingerprint density at radius 1 is 0.636 bits per heavy atom. The number of carbonyl (C=O) groups excluding carboxylic acids is 2. The molecule has 0 aliphatic carbocycles. The van der Waals surface area contributed by atoms with Crippen LogP contribution >= 0.6 is 0 Å². The third-order valence-electron chi connectivity index (χ3n) is 8.19. The number of unbranched alkanes of at least 4 members (excludes halogenated alkanes) is 16. The second kappa shape index (κ2) is 31.5. The largest absolute Gasteiger partial charge is 0.462 e. The van der Waals surface area contributed by atoms with E-state index in [4.69, 9.17) is 9.47 Å². The van der Waals surface area contributed by atoms with Crippen molar-refractivity contribution in [1.29, 1.82) is 0 Å². The Labute approximate surface area is 270 Å². The predicted octanol–water partition coefficient (Wildman–Crippen LogP) is 8.75. The molecule has 0 aliphatic rings. The molecule has 0 aromatic rings. The van der Waals surface area contributed by atoms with Crippen molar-refractivity contribution in [3.8, 4) is 0 Å². The van der Waals surface area contributed by atoms with E-state index in [2.05, 4.69) is 26.8 Å². The Bertz CT molecular complexity index is 679. The fraction of sp³-hybridized carbons (Fsp3) is 0.892. The molecule has 3 N–H and O–H groups in total. The van der Waals surface area contributed by atoms with Crippen molar-refractivity contribution >= 4 is 11.9 Å². The fourth-order valence-electron chi connectivity index (χ4n) is 5.23. The van der Waals surface area contributed by atoms with Crippen LogP contribution in [0.15, 0.2) is 12.2 Å². The number of aliphatic hydroxyl groups is 3. The minimum atomic E-state index is -0.815. The summed E-state index contributed by atoms with van der Waals surface area (Å²) in [5, 5.41) is 29.8. The van der Waals surface area contributed by atoms with Crippen molar-refractivity contribution in [2.75, 3.05) is 13.2 Å². The molecule has 0 heterocycles. The summed E-state index contributed by atoms with van der Waals surface area (Å²) in [7, 11) is 0. The highest BCUT2D eigenvalue weighted by Gasteiger charge is 2.16. The van der Waals surface area contributed by atoms with E-state index in [1.807, 2.05) is 6.08 Å². The van der Waals surface area contributed by atoms with Gasteiger partial charge in [0.05, 0.1) is 18.8 Å². The molecule has 0 amide bonds. The maximum Gasteiger partial charge on any atom is 0.306 e. The zero-order valence-electron chi connectivity index (χ0n) is 28.8. The summed E-state index contributed by atoms with van der Waals surface area (Å²) >= 11 is 0. The van der Waals surface area contributed by atoms with Crippen molar-refractivity contribution in [1.82, 2.24) is 0 Å². The lowest BCUT2D eigenvalue weighted by Gasteiger charge is -2.16. The van der Waals surface area contributed by atoms with E-state index < -0.39 is 18.3 Å². The molecule has 0 aromatic carbocycles. The van der Waals surface area contributed by atoms with Gasteiger partial charge in [0.15, 0.2) is 6.10 Å². The van der Waals surface area contributed by atoms with E-state index in [0.717, 1.165) is 57.3 Å². The van der Waals surface area contributed by atoms with Crippen molar-refractivity contribution in [2.45, 2.75) is 193 Å². The van der Waals surface area contributed by atoms with Gasteiger partial charge in [-0.1, -0.05) is 136 Å². The number of carbonyl (C=O) groups is 2. The average molecular weight is 627 g/mol. The van der Waals surface area contributed by atoms with E-state index in [1.54, 1.807) is 0 Å². The van der Waals surface area contributed by atoms with E-state index in [9.17, 15) is 24.9 Å². The van der Waals surface area contributed by atoms with Gasteiger partial charge in [0, 0.05) is 12.8 Å². The summed E-state index contributed by atoms with van der Waals surface area (Å²) in [5.74, 6) is 0.115. The molecule has 3 atom stereocenters. The molecule has 0 radical (unpaired) electrons. The molecule has 0 unspecified atom stereocenters. The van der Waals surface area contributed by atoms with Gasteiger partial charge in [-0.3, -0.25) is 9.59 Å². The molecule has 0 saturated carbocycles. The Balaban J connectivity index is 3.70. The molecule has 0 fully saturated rings. The van der Waals surface area contributed by atoms with Crippen LogP contribution in [0.1, 0.15) is 175 Å². The van der Waals surface area contributed by atoms with Gasteiger partial charge >= 0.3 is 11.9 Å². The minimum Gasteiger partial charge on any atom is -0.462 e. The van der Waals surface area contributed by atoms with Gasteiger partial charge in [-0.15, -0.1) is 0 Å². The number of hydrogen-bond acceptors (Lipinski definition) is 7. The molecule has 0 saturated heterocycles. The van der Waals surface area contributed by atoms with Crippen molar-refractivity contribution in [2.24, 2.45) is 5.92 Å². The van der Waals surface area contributed by atoms with Gasteiger partial charge in [-0.05, 0) is 44.4 Å². The van der Waals surface area contributed by atoms with Crippen LogP contribution in [0, 0.1) is 5.92 Å². The minimum absolute atomic E-state index is 0.118. The summed E-state index contributed by atoms with van der Waals surface area (Å²) in [6, 6.07) is 0. The Kier molecular flexibility index (Phi) is 30.5. The fourth-order valence-corrected chi connectivity index (χ4v) is 5.23. The normalized spacial score (nSPS) is 13.8. The van der Waals surface area contributed by atoms with Crippen molar-refractivity contribution < 1.29 is 34.4 Å². The average Bonchev–Trinajstić information content (AvgIpc) is 3.00. The topological polar surface area (TPSA) is 113 Å². The first-order chi connectivity index (χ1) is 21.3. The van der Waals surface area contributed by atoms with E-state index >= 15 is 0 Å². The lowest BCUT2D eigenvalue weighted by atomic mass is 10.0. The maximum absolute atomic E-state index is 12.1. The van der Waals surface area contributed by atoms with E-state index in [0.29, 0.717) is 25.7 Å². The summed E-state index contributed by atoms with van der Waals surface area (Å²) in [6.07, 6.45) is 25.8. The molecule has 0 spiro atoms. The Morgan fingerprint density at radius 2 is 1.16 bits per heavy atom. The van der Waals surface area contributed by atoms with E-state index in [-0.39, 0.29) is 31.6 Å². The van der Waals surface area contributed by atoms with Crippen LogP contribution in [-0.2, 0) is 19.1 Å². The van der Waals surface area contributed by atoms with Crippen molar-refractivity contribution in [3.63, 3.8) is 0 Å². The summed E-state index contributed by atoms with van der Waals surface area (Å²) < 4.78 is 10.5. The third kappa shape index (κ3) is 29.3. The molecular weight excluding hydrogens is 556 g/mol. The Morgan fingerprint density at radius 3 is 1.70 bits per heavy atom. The molecule has 0 bridgehead atoms. The smallest absolute Gasteiger partial charge is 0.306 e. The standard InChI is InChI=1S/C37H70O7/c1-4-5-6-7-16-21-26-34(39)35(40)27-22-17-14-19-23-28-36(41)43-31-33(30-38)44-37(42)29-24-18-13-11-9-8-10-12-15-20-25-32(2)3/h16,21,32-35,38-40H,4-15,17-20,22-31H2,1-3H3/b21-16-/t33-,34+,35+/m0/s1. The number of ether oxygens (including phenoxy) is 2. The van der Waals surface area contributed by atoms with Crippen LogP contribution in [0.3, 0.4) is 0 Å². The van der Waals surface area contributed by atoms with E-state index in [1.165, 1.54) is 70.6 Å². The lowest BCUT2D eigenvalue weighted by Crippen LogP contribution is -2.28. The van der Waals surface area contributed by atoms with Crippen LogP contribution in [0.5, 0.6) is 0 Å². The highest BCUT2D eigenvalue weighted by Crippen LogP contribution is 2.15. The Hall–Kier alpha value is -1.44. The second-order valence-corrected chi connectivity index (χ2v) is 13.1. The van der Waals surface area contributed by atoms with Gasteiger partial charge in [0.1, 0.15) is 6.61 Å². The van der Waals surface area contributed by atoms with Gasteiger partial charge in [0.25, 0.3) is 0 Å². The first kappa shape index (κ1) is 42.6. The zero-order chi connectivity index (χ0) is 32.7. The number of allylic oxidation sites excluding steroid dienone is 1. The van der Waals surface area contributed by atoms with Crippen molar-refractivity contribution in [3.05, 3.63) is 12.2 Å². The number of esters is 2. The quantitative estimate of drug-likeness (QED) is 0.0389. The monoisotopic (exact) mass is 627 g/mol. The highest BCUT2D eigenvalue weighted by molar-refractivity contribution is 5.70. The highest BCUT2D eigenvalue weighted by atomic mass is 16.6. The second-order valence-electron chi connectivity index (χ2n) is 13.1. The molecule has 7 heteroatoms. The number of aliphatic hydroxyl groups excluding tert-OH is 3. The molecule has 44 heavy (non-hydrogen) atoms. The summed E-state index contributed by atoms with van der Waals surface area (Å²) in [4.78, 5) is 24.2.